The summed E-state index contributed by atoms with van der Waals surface area (Å²) in [5, 5.41) is 58.6. The monoisotopic (exact) mass is 650 g/mol. The molecule has 6 N–H and O–H groups in total. The summed E-state index contributed by atoms with van der Waals surface area (Å²) in [4.78, 5) is 24.3. The lowest BCUT2D eigenvalue weighted by atomic mass is 10.1. The second-order valence-electron chi connectivity index (χ2n) is 10.5. The Morgan fingerprint density at radius 3 is 1.38 bits per heavy atom. The van der Waals surface area contributed by atoms with E-state index in [-0.39, 0.29) is 36.7 Å². The Morgan fingerprint density at radius 2 is 0.957 bits per heavy atom. The molecule has 2 atom stereocenters. The second kappa shape index (κ2) is 15.6. The fourth-order valence-electron chi connectivity index (χ4n) is 4.02. The summed E-state index contributed by atoms with van der Waals surface area (Å²) in [6, 6.07) is 17.9. The van der Waals surface area contributed by atoms with Crippen molar-refractivity contribution in [3.63, 3.8) is 0 Å². The minimum atomic E-state index is -1.18. The Balaban J connectivity index is 1.16. The number of ether oxygens (including phenoxy) is 5. The molecule has 13 heteroatoms. The van der Waals surface area contributed by atoms with Gasteiger partial charge in [0.2, 0.25) is 0 Å². The number of phenolic OH excluding ortho intramolecular Hbond substituents is 4. The van der Waals surface area contributed by atoms with E-state index in [0.717, 1.165) is 17.7 Å². The molecule has 0 amide bonds. The summed E-state index contributed by atoms with van der Waals surface area (Å²) < 4.78 is 27.0. The third-order valence-electron chi connectivity index (χ3n) is 6.76. The predicted octanol–water partition coefficient (Wildman–Crippen LogP) is 4.11. The average molecular weight is 651 g/mol. The first kappa shape index (κ1) is 34.2. The number of carbonyl (C=O) groups excluding carboxylic acids is 2. The minimum absolute atomic E-state index is 0.00779. The Hall–Kier alpha value is -5.66. The molecule has 0 saturated carbocycles. The van der Waals surface area contributed by atoms with Gasteiger partial charge >= 0.3 is 11.9 Å². The van der Waals surface area contributed by atoms with Crippen LogP contribution in [0.15, 0.2) is 72.8 Å². The molecule has 0 saturated heterocycles. The van der Waals surface area contributed by atoms with E-state index in [4.69, 9.17) is 23.7 Å². The molecule has 13 nitrogen and oxygen atoms in total. The zero-order chi connectivity index (χ0) is 34.1. The van der Waals surface area contributed by atoms with E-state index < -0.39 is 48.0 Å². The largest absolute Gasteiger partial charge is 0.508 e. The maximum atomic E-state index is 12.3. The smallest absolute Gasteiger partial charge is 0.338 e. The van der Waals surface area contributed by atoms with E-state index >= 15 is 0 Å². The number of hydrogen-bond donors (Lipinski definition) is 6. The van der Waals surface area contributed by atoms with Crippen molar-refractivity contribution in [2.75, 3.05) is 26.4 Å². The van der Waals surface area contributed by atoms with Crippen LogP contribution >= 0.6 is 0 Å². The fourth-order valence-corrected chi connectivity index (χ4v) is 4.02. The SMILES string of the molecule is Cc1cc(C(=O)OCC(O)COc2ccc(Oc3ccc(OCC(O)COC(=O)c4cc(O)c(O)c(O)c4)cc3)cc2)cc(O)c1C. The van der Waals surface area contributed by atoms with Crippen LogP contribution in [0.3, 0.4) is 0 Å². The van der Waals surface area contributed by atoms with Crippen LogP contribution in [0.25, 0.3) is 0 Å². The van der Waals surface area contributed by atoms with Crippen molar-refractivity contribution < 1.29 is 63.9 Å². The van der Waals surface area contributed by atoms with Gasteiger partial charge in [0, 0.05) is 0 Å². The van der Waals surface area contributed by atoms with Crippen molar-refractivity contribution in [2.24, 2.45) is 0 Å². The van der Waals surface area contributed by atoms with Crippen LogP contribution in [-0.4, -0.2) is 81.2 Å². The molecule has 2 unspecified atom stereocenters. The molecule has 0 heterocycles. The Morgan fingerprint density at radius 1 is 0.574 bits per heavy atom. The quantitative estimate of drug-likeness (QED) is 0.0842. The summed E-state index contributed by atoms with van der Waals surface area (Å²) in [6.45, 7) is 2.47. The van der Waals surface area contributed by atoms with Crippen molar-refractivity contribution in [1.29, 1.82) is 0 Å². The molecule has 0 fully saturated rings. The van der Waals surface area contributed by atoms with Crippen LogP contribution in [0.2, 0.25) is 0 Å². The van der Waals surface area contributed by atoms with Crippen LogP contribution in [-0.2, 0) is 9.47 Å². The van der Waals surface area contributed by atoms with Crippen LogP contribution in [0, 0.1) is 13.8 Å². The molecular formula is C34H34O13. The van der Waals surface area contributed by atoms with Crippen LogP contribution in [0.1, 0.15) is 31.8 Å². The number of rotatable bonds is 14. The maximum absolute atomic E-state index is 12.3. The van der Waals surface area contributed by atoms with E-state index in [1.165, 1.54) is 6.07 Å². The molecular weight excluding hydrogens is 616 g/mol. The molecule has 0 aliphatic carbocycles. The van der Waals surface area contributed by atoms with Gasteiger partial charge in [-0.3, -0.25) is 0 Å². The van der Waals surface area contributed by atoms with Gasteiger partial charge in [0.05, 0.1) is 11.1 Å². The summed E-state index contributed by atoms with van der Waals surface area (Å²) in [5.74, 6) is -1.89. The van der Waals surface area contributed by atoms with Gasteiger partial charge in [0.25, 0.3) is 0 Å². The first-order valence-corrected chi connectivity index (χ1v) is 14.3. The molecule has 47 heavy (non-hydrogen) atoms. The van der Waals surface area contributed by atoms with Crippen molar-refractivity contribution in [2.45, 2.75) is 26.1 Å². The van der Waals surface area contributed by atoms with Crippen molar-refractivity contribution >= 4 is 11.9 Å². The average Bonchev–Trinajstić information content (AvgIpc) is 3.06. The zero-order valence-corrected chi connectivity index (χ0v) is 25.5. The van der Waals surface area contributed by atoms with Gasteiger partial charge < -0.3 is 54.3 Å². The molecule has 0 radical (unpaired) electrons. The predicted molar refractivity (Wildman–Crippen MR) is 166 cm³/mol. The van der Waals surface area contributed by atoms with E-state index in [2.05, 4.69) is 0 Å². The minimum Gasteiger partial charge on any atom is -0.508 e. The molecule has 248 valence electrons. The third-order valence-corrected chi connectivity index (χ3v) is 6.76. The number of aliphatic hydroxyl groups is 2. The molecule has 4 aromatic carbocycles. The van der Waals surface area contributed by atoms with Gasteiger partial charge in [0.1, 0.15) is 67.4 Å². The standard InChI is InChI=1S/C34H34O13/c1-19-11-21(12-29(37)20(19)2)33(41)45-17-23(35)15-43-25-3-7-27(8-4-25)47-28-9-5-26(6-10-28)44-16-24(36)18-46-34(42)22-13-30(38)32(40)31(39)14-22/h3-14,23-24,35-40H,15-18H2,1-2H3. The topological polar surface area (TPSA) is 202 Å². The van der Waals surface area contributed by atoms with Gasteiger partial charge in [-0.05, 0) is 97.8 Å². The Labute approximate surface area is 269 Å². The van der Waals surface area contributed by atoms with Gasteiger partial charge in [-0.2, -0.15) is 0 Å². The molecule has 0 aliphatic rings. The third kappa shape index (κ3) is 9.66. The van der Waals surface area contributed by atoms with E-state index in [9.17, 15) is 40.2 Å². The lowest BCUT2D eigenvalue weighted by Gasteiger charge is -2.14. The summed E-state index contributed by atoms with van der Waals surface area (Å²) in [6.07, 6.45) is -2.26. The van der Waals surface area contributed by atoms with Gasteiger partial charge in [-0.25, -0.2) is 9.59 Å². The van der Waals surface area contributed by atoms with E-state index in [1.54, 1.807) is 68.4 Å². The normalized spacial score (nSPS) is 12.1. The first-order chi connectivity index (χ1) is 22.4. The zero-order valence-electron chi connectivity index (χ0n) is 25.5. The van der Waals surface area contributed by atoms with Crippen LogP contribution in [0.5, 0.6) is 46.0 Å². The van der Waals surface area contributed by atoms with Gasteiger partial charge in [0.15, 0.2) is 17.2 Å². The number of aromatic hydroxyl groups is 4. The summed E-state index contributed by atoms with van der Waals surface area (Å²) in [7, 11) is 0. The summed E-state index contributed by atoms with van der Waals surface area (Å²) in [5.41, 5.74) is 1.39. The maximum Gasteiger partial charge on any atom is 0.338 e. The molecule has 0 aliphatic heterocycles. The Bertz CT molecular complexity index is 1510. The van der Waals surface area contributed by atoms with Crippen LogP contribution < -0.4 is 14.2 Å². The van der Waals surface area contributed by atoms with Crippen molar-refractivity contribution in [1.82, 2.24) is 0 Å². The molecule has 0 aromatic heterocycles. The van der Waals surface area contributed by atoms with Crippen molar-refractivity contribution in [3.8, 4) is 46.0 Å². The van der Waals surface area contributed by atoms with Crippen molar-refractivity contribution in [3.05, 3.63) is 95.1 Å². The second-order valence-corrected chi connectivity index (χ2v) is 10.5. The lowest BCUT2D eigenvalue weighted by molar-refractivity contribution is 0.0127. The number of hydrogen-bond acceptors (Lipinski definition) is 13. The summed E-state index contributed by atoms with van der Waals surface area (Å²) >= 11 is 0. The number of carbonyl (C=O) groups is 2. The van der Waals surface area contributed by atoms with Crippen LogP contribution in [0.4, 0.5) is 0 Å². The lowest BCUT2D eigenvalue weighted by Crippen LogP contribution is -2.25. The van der Waals surface area contributed by atoms with Gasteiger partial charge in [-0.1, -0.05) is 0 Å². The molecule has 0 bridgehead atoms. The van der Waals surface area contributed by atoms with E-state index in [1.807, 2.05) is 0 Å². The highest BCUT2D eigenvalue weighted by Crippen LogP contribution is 2.35. The highest BCUT2D eigenvalue weighted by molar-refractivity contribution is 5.91. The Kier molecular flexibility index (Phi) is 11.3. The number of phenols is 4. The molecule has 4 rings (SSSR count). The number of benzene rings is 4. The van der Waals surface area contributed by atoms with Gasteiger partial charge in [-0.15, -0.1) is 0 Å². The highest BCUT2D eigenvalue weighted by atomic mass is 16.6. The van der Waals surface area contributed by atoms with E-state index in [0.29, 0.717) is 28.6 Å². The first-order valence-electron chi connectivity index (χ1n) is 14.3. The number of esters is 2. The molecule has 4 aromatic rings. The number of aliphatic hydroxyl groups excluding tert-OH is 2. The number of aryl methyl sites for hydroxylation is 1. The molecule has 0 spiro atoms. The fraction of sp³-hybridized carbons (Fsp3) is 0.235. The highest BCUT2D eigenvalue weighted by Gasteiger charge is 2.17.